The molecule has 2 heteroatoms. The van der Waals surface area contributed by atoms with Crippen LogP contribution in [0.4, 0.5) is 0 Å². The van der Waals surface area contributed by atoms with Crippen LogP contribution in [0.15, 0.2) is 0 Å². The molecule has 0 radical (unpaired) electrons. The van der Waals surface area contributed by atoms with E-state index in [1.807, 2.05) is 0 Å². The van der Waals surface area contributed by atoms with Crippen LogP contribution in [-0.4, -0.2) is 36.2 Å². The molecular weight excluding hydrogens is 198 g/mol. The highest BCUT2D eigenvalue weighted by molar-refractivity contribution is 4.82. The van der Waals surface area contributed by atoms with Crippen molar-refractivity contribution >= 4 is 0 Å². The van der Waals surface area contributed by atoms with Crippen molar-refractivity contribution in [1.29, 1.82) is 0 Å². The largest absolute Gasteiger partial charge is 0.396 e. The molecule has 1 aliphatic rings. The van der Waals surface area contributed by atoms with Crippen molar-refractivity contribution in [3.05, 3.63) is 0 Å². The number of rotatable bonds is 7. The molecule has 2 atom stereocenters. The van der Waals surface area contributed by atoms with Gasteiger partial charge in [-0.2, -0.15) is 0 Å². The SMILES string of the molecule is CCCC1CCN(CC(C)(CO)CCC)C1. The topological polar surface area (TPSA) is 23.5 Å². The second-order valence-corrected chi connectivity index (χ2v) is 5.90. The normalized spacial score (nSPS) is 25.9. The highest BCUT2D eigenvalue weighted by atomic mass is 16.3. The molecule has 1 heterocycles. The van der Waals surface area contributed by atoms with Gasteiger partial charge in [0.25, 0.3) is 0 Å². The second kappa shape index (κ2) is 6.61. The average molecular weight is 227 g/mol. The van der Waals surface area contributed by atoms with Gasteiger partial charge in [-0.05, 0) is 31.7 Å². The van der Waals surface area contributed by atoms with Gasteiger partial charge < -0.3 is 10.0 Å². The minimum atomic E-state index is 0.121. The quantitative estimate of drug-likeness (QED) is 0.723. The van der Waals surface area contributed by atoms with Crippen LogP contribution in [0, 0.1) is 11.3 Å². The van der Waals surface area contributed by atoms with Gasteiger partial charge in [-0.1, -0.05) is 33.6 Å². The lowest BCUT2D eigenvalue weighted by atomic mass is 9.86. The van der Waals surface area contributed by atoms with E-state index in [1.165, 1.54) is 38.8 Å². The molecule has 2 unspecified atom stereocenters. The lowest BCUT2D eigenvalue weighted by Crippen LogP contribution is -2.37. The molecule has 0 aromatic rings. The summed E-state index contributed by atoms with van der Waals surface area (Å²) in [6.07, 6.45) is 6.36. The molecule has 16 heavy (non-hydrogen) atoms. The Balaban J connectivity index is 2.36. The lowest BCUT2D eigenvalue weighted by molar-refractivity contribution is 0.0881. The summed E-state index contributed by atoms with van der Waals surface area (Å²) in [5.41, 5.74) is 0.121. The van der Waals surface area contributed by atoms with Crippen LogP contribution in [-0.2, 0) is 0 Å². The zero-order valence-electron chi connectivity index (χ0n) is 11.3. The monoisotopic (exact) mass is 227 g/mol. The summed E-state index contributed by atoms with van der Waals surface area (Å²) in [6.45, 7) is 10.6. The molecule has 96 valence electrons. The predicted octanol–water partition coefficient (Wildman–Crippen LogP) is 2.91. The van der Waals surface area contributed by atoms with Gasteiger partial charge in [-0.15, -0.1) is 0 Å². The Labute approximate surface area is 101 Å². The molecule has 1 rings (SSSR count). The maximum absolute atomic E-state index is 9.52. The Morgan fingerprint density at radius 2 is 2.06 bits per heavy atom. The molecule has 1 N–H and O–H groups in total. The van der Waals surface area contributed by atoms with Gasteiger partial charge in [0.1, 0.15) is 0 Å². The summed E-state index contributed by atoms with van der Waals surface area (Å²) in [4.78, 5) is 2.56. The molecule has 0 spiro atoms. The Morgan fingerprint density at radius 1 is 1.31 bits per heavy atom. The van der Waals surface area contributed by atoms with Crippen LogP contribution < -0.4 is 0 Å². The first-order chi connectivity index (χ1) is 7.63. The fraction of sp³-hybridized carbons (Fsp3) is 1.00. The number of likely N-dealkylation sites (tertiary alicyclic amines) is 1. The van der Waals surface area contributed by atoms with E-state index in [9.17, 15) is 5.11 Å². The minimum absolute atomic E-state index is 0.121. The Hall–Kier alpha value is -0.0800. The van der Waals surface area contributed by atoms with Gasteiger partial charge in [0.05, 0.1) is 0 Å². The standard InChI is InChI=1S/C14H29NO/c1-4-6-13-7-9-15(10-13)11-14(3,12-16)8-5-2/h13,16H,4-12H2,1-3H3. The maximum atomic E-state index is 9.52. The van der Waals surface area contributed by atoms with E-state index < -0.39 is 0 Å². The zero-order chi connectivity index (χ0) is 12.0. The third kappa shape index (κ3) is 4.06. The van der Waals surface area contributed by atoms with Crippen molar-refractivity contribution in [2.45, 2.75) is 52.9 Å². The number of aliphatic hydroxyl groups is 1. The van der Waals surface area contributed by atoms with E-state index in [-0.39, 0.29) is 5.41 Å². The summed E-state index contributed by atoms with van der Waals surface area (Å²) in [7, 11) is 0. The van der Waals surface area contributed by atoms with E-state index in [1.54, 1.807) is 0 Å². The number of aliphatic hydroxyl groups excluding tert-OH is 1. The van der Waals surface area contributed by atoms with Gasteiger partial charge in [-0.25, -0.2) is 0 Å². The van der Waals surface area contributed by atoms with E-state index in [0.29, 0.717) is 6.61 Å². The lowest BCUT2D eigenvalue weighted by Gasteiger charge is -2.32. The molecule has 0 aliphatic carbocycles. The Bertz CT molecular complexity index is 195. The van der Waals surface area contributed by atoms with Gasteiger partial charge >= 0.3 is 0 Å². The van der Waals surface area contributed by atoms with Crippen LogP contribution in [0.1, 0.15) is 52.9 Å². The van der Waals surface area contributed by atoms with Crippen molar-refractivity contribution in [2.75, 3.05) is 26.2 Å². The Morgan fingerprint density at radius 3 is 2.62 bits per heavy atom. The average Bonchev–Trinajstić information content (AvgIpc) is 2.66. The zero-order valence-corrected chi connectivity index (χ0v) is 11.3. The second-order valence-electron chi connectivity index (χ2n) is 5.90. The van der Waals surface area contributed by atoms with Crippen molar-refractivity contribution < 1.29 is 5.11 Å². The first-order valence-corrected chi connectivity index (χ1v) is 6.96. The summed E-state index contributed by atoms with van der Waals surface area (Å²) in [5, 5.41) is 9.52. The summed E-state index contributed by atoms with van der Waals surface area (Å²) in [6, 6.07) is 0. The first kappa shape index (κ1) is 14.0. The van der Waals surface area contributed by atoms with Gasteiger partial charge in [0, 0.05) is 25.1 Å². The molecule has 0 bridgehead atoms. The number of nitrogens with zero attached hydrogens (tertiary/aromatic N) is 1. The van der Waals surface area contributed by atoms with Crippen LogP contribution in [0.25, 0.3) is 0 Å². The van der Waals surface area contributed by atoms with Crippen molar-refractivity contribution in [2.24, 2.45) is 11.3 Å². The molecule has 0 aromatic heterocycles. The summed E-state index contributed by atoms with van der Waals surface area (Å²) >= 11 is 0. The molecule has 2 nitrogen and oxygen atoms in total. The van der Waals surface area contributed by atoms with E-state index in [2.05, 4.69) is 25.7 Å². The third-order valence-corrected chi connectivity index (χ3v) is 3.91. The van der Waals surface area contributed by atoms with Gasteiger partial charge in [-0.3, -0.25) is 0 Å². The van der Waals surface area contributed by atoms with E-state index >= 15 is 0 Å². The van der Waals surface area contributed by atoms with E-state index in [0.717, 1.165) is 18.9 Å². The predicted molar refractivity (Wildman–Crippen MR) is 69.6 cm³/mol. The summed E-state index contributed by atoms with van der Waals surface area (Å²) in [5.74, 6) is 0.912. The van der Waals surface area contributed by atoms with Crippen LogP contribution in [0.3, 0.4) is 0 Å². The maximum Gasteiger partial charge on any atom is 0.0497 e. The van der Waals surface area contributed by atoms with Crippen LogP contribution in [0.5, 0.6) is 0 Å². The first-order valence-electron chi connectivity index (χ1n) is 6.96. The molecule has 1 saturated heterocycles. The fourth-order valence-electron chi connectivity index (χ4n) is 3.05. The minimum Gasteiger partial charge on any atom is -0.396 e. The number of hydrogen-bond donors (Lipinski definition) is 1. The van der Waals surface area contributed by atoms with Gasteiger partial charge in [0.2, 0.25) is 0 Å². The summed E-state index contributed by atoms with van der Waals surface area (Å²) < 4.78 is 0. The highest BCUT2D eigenvalue weighted by Gasteiger charge is 2.29. The molecule has 0 aromatic carbocycles. The molecule has 0 saturated carbocycles. The van der Waals surface area contributed by atoms with Crippen molar-refractivity contribution in [3.8, 4) is 0 Å². The molecule has 1 fully saturated rings. The van der Waals surface area contributed by atoms with E-state index in [4.69, 9.17) is 0 Å². The van der Waals surface area contributed by atoms with Crippen LogP contribution in [0.2, 0.25) is 0 Å². The fourth-order valence-corrected chi connectivity index (χ4v) is 3.05. The van der Waals surface area contributed by atoms with Crippen molar-refractivity contribution in [1.82, 2.24) is 4.90 Å². The molecular formula is C14H29NO. The Kier molecular flexibility index (Phi) is 5.77. The smallest absolute Gasteiger partial charge is 0.0497 e. The molecule has 0 amide bonds. The van der Waals surface area contributed by atoms with Crippen LogP contribution >= 0.6 is 0 Å². The third-order valence-electron chi connectivity index (χ3n) is 3.91. The molecule has 1 aliphatic heterocycles. The van der Waals surface area contributed by atoms with Crippen molar-refractivity contribution in [3.63, 3.8) is 0 Å². The number of hydrogen-bond acceptors (Lipinski definition) is 2. The van der Waals surface area contributed by atoms with Gasteiger partial charge in [0.15, 0.2) is 0 Å². The highest BCUT2D eigenvalue weighted by Crippen LogP contribution is 2.28.